The van der Waals surface area contributed by atoms with E-state index in [-0.39, 0.29) is 25.7 Å². The molecular formula is C85H142O17P2. The topological polar surface area (TPSA) is 237 Å². The summed E-state index contributed by atoms with van der Waals surface area (Å²) in [7, 11) is -10.0. The molecule has 0 aromatic carbocycles. The summed E-state index contributed by atoms with van der Waals surface area (Å²) in [5.41, 5.74) is 0. The molecule has 5 atom stereocenters. The smallest absolute Gasteiger partial charge is 0.462 e. The molecule has 0 rings (SSSR count). The highest BCUT2D eigenvalue weighted by atomic mass is 31.2. The molecule has 0 saturated carbocycles. The summed E-state index contributed by atoms with van der Waals surface area (Å²) in [6.07, 6.45) is 87.1. The van der Waals surface area contributed by atoms with Crippen LogP contribution in [0.15, 0.2) is 146 Å². The van der Waals surface area contributed by atoms with Gasteiger partial charge in [0.1, 0.15) is 19.3 Å². The first kappa shape index (κ1) is 98.9. The van der Waals surface area contributed by atoms with Crippen molar-refractivity contribution in [1.29, 1.82) is 0 Å². The van der Waals surface area contributed by atoms with Crippen LogP contribution in [0.5, 0.6) is 0 Å². The van der Waals surface area contributed by atoms with Gasteiger partial charge in [0, 0.05) is 19.3 Å². The van der Waals surface area contributed by atoms with Crippen LogP contribution in [0.1, 0.15) is 310 Å². The van der Waals surface area contributed by atoms with Gasteiger partial charge in [-0.05, 0) is 148 Å². The third-order valence-electron chi connectivity index (χ3n) is 16.3. The maximum Gasteiger partial charge on any atom is 0.472 e. The number of carbonyl (C=O) groups excluding carboxylic acids is 4. The predicted molar refractivity (Wildman–Crippen MR) is 427 cm³/mol. The molecule has 0 aliphatic heterocycles. The lowest BCUT2D eigenvalue weighted by atomic mass is 10.1. The van der Waals surface area contributed by atoms with Crippen LogP contribution in [0.3, 0.4) is 0 Å². The summed E-state index contributed by atoms with van der Waals surface area (Å²) in [6.45, 7) is 4.46. The molecule has 0 heterocycles. The fourth-order valence-corrected chi connectivity index (χ4v) is 11.8. The van der Waals surface area contributed by atoms with Crippen LogP contribution < -0.4 is 0 Å². The van der Waals surface area contributed by atoms with Crippen molar-refractivity contribution in [3.8, 4) is 0 Å². The van der Waals surface area contributed by atoms with Gasteiger partial charge in [-0.15, -0.1) is 0 Å². The standard InChI is InChI=1S/C85H142O17P2/c1-5-9-13-17-21-25-29-33-37-38-39-40-44-46-50-54-58-62-66-70-83(88)96-76-81(102-85(90)72-68-64-60-56-52-48-43-36-32-28-24-20-16-12-8-4)78-100-104(93,94)98-74-79(86)73-97-103(91,92)99-77-80(101-84(89)71-67-63-59-55-51-47-42-35-31-27-23-19-15-11-7-3)75-95-82(87)69-65-61-57-53-49-45-41-34-30-26-22-18-14-10-6-2/h10-11,14-15,21-23,25-27,33-37,39-43,49,53,61,65,79-81,86H,5-9,12-13,16-20,24,28-32,38,44-48,50-52,54-60,62-64,66-78H2,1-4H3,(H,91,92)(H,93,94)/b14-10-,15-11-,25-21-,26-22-,27-23-,37-33-,40-39-,41-34-,42-35-,43-36-,53-49-,65-61-. The van der Waals surface area contributed by atoms with Crippen LogP contribution in [0.25, 0.3) is 0 Å². The molecule has 0 fully saturated rings. The Kier molecular flexibility index (Phi) is 72.4. The third-order valence-corrected chi connectivity index (χ3v) is 18.2. The van der Waals surface area contributed by atoms with Gasteiger partial charge in [-0.2, -0.15) is 0 Å². The fraction of sp³-hybridized carbons (Fsp3) is 0.671. The first-order valence-electron chi connectivity index (χ1n) is 40.1. The molecule has 3 N–H and O–H groups in total. The lowest BCUT2D eigenvalue weighted by molar-refractivity contribution is -0.161. The van der Waals surface area contributed by atoms with E-state index in [1.807, 2.05) is 18.2 Å². The molecule has 0 radical (unpaired) electrons. The lowest BCUT2D eigenvalue weighted by Crippen LogP contribution is -2.30. The largest absolute Gasteiger partial charge is 0.472 e. The summed E-state index contributed by atoms with van der Waals surface area (Å²) < 4.78 is 68.5. The Bertz CT molecular complexity index is 2540. The summed E-state index contributed by atoms with van der Waals surface area (Å²) in [5, 5.41) is 10.6. The molecule has 0 aromatic rings. The summed E-state index contributed by atoms with van der Waals surface area (Å²) >= 11 is 0. The van der Waals surface area contributed by atoms with Gasteiger partial charge >= 0.3 is 39.5 Å². The van der Waals surface area contributed by atoms with Crippen LogP contribution in [0.4, 0.5) is 0 Å². The third kappa shape index (κ3) is 75.2. The maximum absolute atomic E-state index is 13.1. The molecular weight excluding hydrogens is 1350 g/mol. The van der Waals surface area contributed by atoms with Crippen molar-refractivity contribution in [2.45, 2.75) is 329 Å². The number of allylic oxidation sites excluding steroid dienone is 23. The molecule has 594 valence electrons. The highest BCUT2D eigenvalue weighted by Gasteiger charge is 2.30. The molecule has 104 heavy (non-hydrogen) atoms. The van der Waals surface area contributed by atoms with E-state index in [0.29, 0.717) is 25.7 Å². The van der Waals surface area contributed by atoms with Crippen molar-refractivity contribution in [2.75, 3.05) is 39.6 Å². The number of hydrogen-bond donors (Lipinski definition) is 3. The molecule has 19 heteroatoms. The zero-order valence-corrected chi connectivity index (χ0v) is 66.7. The molecule has 0 saturated heterocycles. The van der Waals surface area contributed by atoms with E-state index >= 15 is 0 Å². The molecule has 0 spiro atoms. The van der Waals surface area contributed by atoms with Gasteiger partial charge in [-0.1, -0.05) is 283 Å². The second-order valence-electron chi connectivity index (χ2n) is 26.3. The van der Waals surface area contributed by atoms with E-state index in [4.69, 9.17) is 37.0 Å². The SMILES string of the molecule is CC/C=C\C/C=C\C/C=C\C/C=C\C/C=C\CC(=O)OCC(COP(=O)(O)OCC(O)COP(=O)(O)OCC(COC(=O)CCCCCCCC/C=C\C/C=C\C/C=C\CCCCC)OC(=O)CCCCCCC/C=C\CCCCCCCC)OC(=O)CCCCCCC/C=C\C/C=C\C/C=C\CC. The molecule has 0 aliphatic rings. The van der Waals surface area contributed by atoms with Gasteiger partial charge in [0.15, 0.2) is 12.2 Å². The summed E-state index contributed by atoms with van der Waals surface area (Å²) in [5.74, 6) is -2.37. The van der Waals surface area contributed by atoms with Gasteiger partial charge in [-0.3, -0.25) is 37.3 Å². The number of aliphatic hydroxyl groups excluding tert-OH is 1. The predicted octanol–water partition coefficient (Wildman–Crippen LogP) is 23.4. The van der Waals surface area contributed by atoms with Crippen LogP contribution in [-0.2, 0) is 65.4 Å². The number of rotatable bonds is 74. The minimum absolute atomic E-state index is 0.0516. The Morgan fingerprint density at radius 2 is 0.538 bits per heavy atom. The van der Waals surface area contributed by atoms with E-state index in [0.717, 1.165) is 173 Å². The van der Waals surface area contributed by atoms with E-state index in [1.165, 1.54) is 57.8 Å². The second-order valence-corrected chi connectivity index (χ2v) is 29.2. The molecule has 17 nitrogen and oxygen atoms in total. The number of unbranched alkanes of at least 4 members (excludes halogenated alkanes) is 25. The number of phosphoric ester groups is 2. The minimum atomic E-state index is -5.01. The number of phosphoric acid groups is 2. The van der Waals surface area contributed by atoms with E-state index in [2.05, 4.69) is 149 Å². The van der Waals surface area contributed by atoms with E-state index in [1.54, 1.807) is 6.08 Å². The van der Waals surface area contributed by atoms with E-state index < -0.39 is 97.5 Å². The average Bonchev–Trinajstić information content (AvgIpc) is 0.912. The first-order chi connectivity index (χ1) is 50.7. The highest BCUT2D eigenvalue weighted by molar-refractivity contribution is 7.47. The van der Waals surface area contributed by atoms with Gasteiger partial charge in [0.05, 0.1) is 32.8 Å². The number of ether oxygens (including phenoxy) is 4. The molecule has 0 bridgehead atoms. The zero-order chi connectivity index (χ0) is 76.0. The van der Waals surface area contributed by atoms with E-state index in [9.17, 15) is 43.2 Å². The summed E-state index contributed by atoms with van der Waals surface area (Å²) in [4.78, 5) is 73.0. The maximum atomic E-state index is 13.1. The van der Waals surface area contributed by atoms with Crippen LogP contribution in [0, 0.1) is 0 Å². The molecule has 0 aliphatic carbocycles. The number of esters is 4. The monoisotopic (exact) mass is 1500 g/mol. The Morgan fingerprint density at radius 1 is 0.288 bits per heavy atom. The Labute approximate surface area is 630 Å². The number of aliphatic hydroxyl groups is 1. The van der Waals surface area contributed by atoms with Crippen molar-refractivity contribution in [3.05, 3.63) is 146 Å². The quantitative estimate of drug-likeness (QED) is 0.0169. The van der Waals surface area contributed by atoms with Crippen molar-refractivity contribution < 1.29 is 80.2 Å². The molecule has 5 unspecified atom stereocenters. The molecule has 0 amide bonds. The lowest BCUT2D eigenvalue weighted by Gasteiger charge is -2.21. The minimum Gasteiger partial charge on any atom is -0.462 e. The van der Waals surface area contributed by atoms with Crippen LogP contribution in [0.2, 0.25) is 0 Å². The Morgan fingerprint density at radius 3 is 0.885 bits per heavy atom. The van der Waals surface area contributed by atoms with Gasteiger partial charge in [0.2, 0.25) is 0 Å². The van der Waals surface area contributed by atoms with Crippen molar-refractivity contribution in [2.24, 2.45) is 0 Å². The second kappa shape index (κ2) is 76.1. The normalized spacial score (nSPS) is 14.6. The van der Waals surface area contributed by atoms with Crippen molar-refractivity contribution in [3.63, 3.8) is 0 Å². The Balaban J connectivity index is 5.45. The van der Waals surface area contributed by atoms with Crippen molar-refractivity contribution >= 4 is 39.5 Å². The van der Waals surface area contributed by atoms with Crippen LogP contribution in [-0.4, -0.2) is 96.7 Å². The Hall–Kier alpha value is -5.06. The summed E-state index contributed by atoms with van der Waals surface area (Å²) in [6, 6.07) is 0. The zero-order valence-electron chi connectivity index (χ0n) is 64.9. The molecule has 0 aromatic heterocycles. The van der Waals surface area contributed by atoms with Gasteiger partial charge in [0.25, 0.3) is 0 Å². The number of hydrogen-bond acceptors (Lipinski definition) is 15. The van der Waals surface area contributed by atoms with Gasteiger partial charge < -0.3 is 33.8 Å². The van der Waals surface area contributed by atoms with Gasteiger partial charge in [-0.25, -0.2) is 9.13 Å². The number of carbonyl (C=O) groups is 4. The van der Waals surface area contributed by atoms with Crippen LogP contribution >= 0.6 is 15.6 Å². The first-order valence-corrected chi connectivity index (χ1v) is 43.1. The van der Waals surface area contributed by atoms with Crippen molar-refractivity contribution in [1.82, 2.24) is 0 Å². The fourth-order valence-electron chi connectivity index (χ4n) is 10.2. The average molecular weight is 1500 g/mol. The highest BCUT2D eigenvalue weighted by Crippen LogP contribution is 2.45.